The largest absolute Gasteiger partial charge is 0.252 e. The van der Waals surface area contributed by atoms with Gasteiger partial charge in [-0.1, -0.05) is 36.4 Å². The van der Waals surface area contributed by atoms with Crippen molar-refractivity contribution in [3.63, 3.8) is 0 Å². The van der Waals surface area contributed by atoms with E-state index in [-0.39, 0.29) is 0 Å². The maximum atomic E-state index is 4.76. The van der Waals surface area contributed by atoms with Gasteiger partial charge in [-0.05, 0) is 43.5 Å². The number of nitrogens with zero attached hydrogens (tertiary/aromatic N) is 2. The minimum atomic E-state index is 0.928. The third-order valence-corrected chi connectivity index (χ3v) is 5.10. The Bertz CT molecular complexity index is 975. The van der Waals surface area contributed by atoms with Gasteiger partial charge >= 0.3 is 0 Å². The molecule has 0 aliphatic rings. The number of rotatable bonds is 4. The highest BCUT2D eigenvalue weighted by Crippen LogP contribution is 2.22. The molecule has 0 unspecified atom stereocenters. The minimum Gasteiger partial charge on any atom is -0.252 e. The average Bonchev–Trinajstić information content (AvgIpc) is 2.63. The van der Waals surface area contributed by atoms with Crippen LogP contribution in [-0.2, 0) is 12.8 Å². The van der Waals surface area contributed by atoms with Crippen molar-refractivity contribution in [1.29, 1.82) is 0 Å². The Labute approximate surface area is 158 Å². The van der Waals surface area contributed by atoms with Gasteiger partial charge in [0.2, 0.25) is 0 Å². The quantitative estimate of drug-likeness (QED) is 0.466. The zero-order valence-corrected chi connectivity index (χ0v) is 15.5. The lowest BCUT2D eigenvalue weighted by molar-refractivity contribution is 0.786. The van der Waals surface area contributed by atoms with Gasteiger partial charge in [-0.3, -0.25) is 9.97 Å². The van der Waals surface area contributed by atoms with Crippen LogP contribution >= 0.6 is 25.3 Å². The highest BCUT2D eigenvalue weighted by Gasteiger charge is 2.04. The molecule has 0 radical (unpaired) electrons. The number of aryl methyl sites for hydroxylation is 2. The topological polar surface area (TPSA) is 25.8 Å². The Balaban J connectivity index is 1.49. The van der Waals surface area contributed by atoms with Gasteiger partial charge in [0.1, 0.15) is 0 Å². The van der Waals surface area contributed by atoms with Gasteiger partial charge in [0.05, 0.1) is 11.0 Å². The van der Waals surface area contributed by atoms with Crippen molar-refractivity contribution in [2.24, 2.45) is 0 Å². The first-order chi connectivity index (χ1) is 12.2. The van der Waals surface area contributed by atoms with Crippen molar-refractivity contribution in [1.82, 2.24) is 9.97 Å². The van der Waals surface area contributed by atoms with Crippen LogP contribution in [0.25, 0.3) is 21.8 Å². The van der Waals surface area contributed by atoms with Crippen molar-refractivity contribution in [3.05, 3.63) is 72.1 Å². The molecule has 2 aromatic heterocycles. The van der Waals surface area contributed by atoms with E-state index >= 15 is 0 Å². The maximum Gasteiger partial charge on any atom is 0.0838 e. The monoisotopic (exact) mass is 362 g/mol. The van der Waals surface area contributed by atoms with E-state index in [2.05, 4.69) is 61.7 Å². The van der Waals surface area contributed by atoms with Crippen LogP contribution in [0.5, 0.6) is 0 Å². The standard InChI is InChI=1S/C21H18N2S2/c24-18-8-1-4-14-10-12-16(22-20(14)18)6-3-7-17-13-11-15-5-2-9-19(25)21(15)23-17/h1-2,4-5,8-13,24-25H,3,6-7H2. The summed E-state index contributed by atoms with van der Waals surface area (Å²) >= 11 is 9.02. The average molecular weight is 363 g/mol. The number of thiol groups is 2. The number of para-hydroxylation sites is 2. The molecule has 4 rings (SSSR count). The smallest absolute Gasteiger partial charge is 0.0838 e. The number of benzene rings is 2. The van der Waals surface area contributed by atoms with Crippen LogP contribution in [0.3, 0.4) is 0 Å². The van der Waals surface area contributed by atoms with Crippen LogP contribution in [0.1, 0.15) is 17.8 Å². The molecule has 0 atom stereocenters. The number of pyridine rings is 2. The van der Waals surface area contributed by atoms with Gasteiger partial charge < -0.3 is 0 Å². The summed E-state index contributed by atoms with van der Waals surface area (Å²) in [5, 5.41) is 2.27. The van der Waals surface area contributed by atoms with Crippen molar-refractivity contribution < 1.29 is 0 Å². The molecule has 2 heterocycles. The van der Waals surface area contributed by atoms with Crippen molar-refractivity contribution in [2.45, 2.75) is 29.1 Å². The number of fused-ring (bicyclic) bond motifs is 2. The molecule has 0 bridgehead atoms. The predicted octanol–water partition coefficient (Wildman–Crippen LogP) is 5.54. The summed E-state index contributed by atoms with van der Waals surface area (Å²) in [6.45, 7) is 0. The summed E-state index contributed by atoms with van der Waals surface area (Å²) < 4.78 is 0. The van der Waals surface area contributed by atoms with E-state index in [0.717, 1.165) is 62.2 Å². The molecular weight excluding hydrogens is 344 g/mol. The van der Waals surface area contributed by atoms with E-state index in [0.29, 0.717) is 0 Å². The van der Waals surface area contributed by atoms with E-state index in [1.165, 1.54) is 0 Å². The third-order valence-electron chi connectivity index (χ3n) is 4.38. The molecule has 2 nitrogen and oxygen atoms in total. The fourth-order valence-electron chi connectivity index (χ4n) is 3.07. The minimum absolute atomic E-state index is 0.928. The first kappa shape index (κ1) is 16.4. The molecule has 0 N–H and O–H groups in total. The predicted molar refractivity (Wildman–Crippen MR) is 110 cm³/mol. The van der Waals surface area contributed by atoms with Crippen LogP contribution in [0.4, 0.5) is 0 Å². The lowest BCUT2D eigenvalue weighted by atomic mass is 10.1. The first-order valence-electron chi connectivity index (χ1n) is 8.36. The Morgan fingerprint density at radius 1 is 0.600 bits per heavy atom. The van der Waals surface area contributed by atoms with Crippen LogP contribution in [-0.4, -0.2) is 9.97 Å². The van der Waals surface area contributed by atoms with Crippen molar-refractivity contribution in [2.75, 3.05) is 0 Å². The van der Waals surface area contributed by atoms with Gasteiger partial charge in [-0.15, -0.1) is 25.3 Å². The van der Waals surface area contributed by atoms with Gasteiger partial charge in [0, 0.05) is 32.0 Å². The van der Waals surface area contributed by atoms with Gasteiger partial charge in [-0.25, -0.2) is 0 Å². The molecule has 0 saturated heterocycles. The Hall–Kier alpha value is -2.04. The van der Waals surface area contributed by atoms with E-state index < -0.39 is 0 Å². The maximum absolute atomic E-state index is 4.76. The van der Waals surface area contributed by atoms with E-state index in [4.69, 9.17) is 9.97 Å². The lowest BCUT2D eigenvalue weighted by Gasteiger charge is -2.06. The van der Waals surface area contributed by atoms with E-state index in [9.17, 15) is 0 Å². The fraction of sp³-hybridized carbons (Fsp3) is 0.143. The summed E-state index contributed by atoms with van der Waals surface area (Å²) in [5.74, 6) is 0. The summed E-state index contributed by atoms with van der Waals surface area (Å²) in [7, 11) is 0. The number of aromatic nitrogens is 2. The third kappa shape index (κ3) is 3.51. The number of hydrogen-bond acceptors (Lipinski definition) is 4. The Morgan fingerprint density at radius 2 is 1.08 bits per heavy atom. The summed E-state index contributed by atoms with van der Waals surface area (Å²) in [6.07, 6.45) is 2.88. The summed E-state index contributed by atoms with van der Waals surface area (Å²) in [4.78, 5) is 11.4. The second-order valence-corrected chi connectivity index (χ2v) is 7.12. The van der Waals surface area contributed by atoms with Gasteiger partial charge in [-0.2, -0.15) is 0 Å². The molecule has 124 valence electrons. The second kappa shape index (κ2) is 7.06. The van der Waals surface area contributed by atoms with Crippen LogP contribution in [0.2, 0.25) is 0 Å². The molecular formula is C21H18N2S2. The van der Waals surface area contributed by atoms with Crippen LogP contribution in [0, 0.1) is 0 Å². The molecule has 25 heavy (non-hydrogen) atoms. The van der Waals surface area contributed by atoms with Crippen molar-refractivity contribution >= 4 is 47.1 Å². The zero-order valence-electron chi connectivity index (χ0n) is 13.7. The van der Waals surface area contributed by atoms with E-state index in [1.807, 2.05) is 24.3 Å². The molecule has 0 aliphatic heterocycles. The van der Waals surface area contributed by atoms with Crippen LogP contribution < -0.4 is 0 Å². The van der Waals surface area contributed by atoms with Crippen molar-refractivity contribution in [3.8, 4) is 0 Å². The molecule has 4 aromatic rings. The Kier molecular flexibility index (Phi) is 4.64. The first-order valence-corrected chi connectivity index (χ1v) is 9.25. The fourth-order valence-corrected chi connectivity index (χ4v) is 3.60. The highest BCUT2D eigenvalue weighted by atomic mass is 32.1. The SMILES string of the molecule is Sc1cccc2ccc(CCCc3ccc4cccc(S)c4n3)nc12. The molecule has 0 saturated carbocycles. The summed E-state index contributed by atoms with van der Waals surface area (Å²) in [6, 6.07) is 20.6. The van der Waals surface area contributed by atoms with Gasteiger partial charge in [0.15, 0.2) is 0 Å². The van der Waals surface area contributed by atoms with Crippen LogP contribution in [0.15, 0.2) is 70.5 Å². The molecule has 0 fully saturated rings. The normalized spacial score (nSPS) is 11.3. The molecule has 0 amide bonds. The molecule has 0 aliphatic carbocycles. The number of hydrogen-bond donors (Lipinski definition) is 2. The van der Waals surface area contributed by atoms with E-state index in [1.54, 1.807) is 0 Å². The lowest BCUT2D eigenvalue weighted by Crippen LogP contribution is -1.96. The van der Waals surface area contributed by atoms with Gasteiger partial charge in [0.25, 0.3) is 0 Å². The Morgan fingerprint density at radius 3 is 1.56 bits per heavy atom. The molecule has 2 aromatic carbocycles. The molecule has 4 heteroatoms. The highest BCUT2D eigenvalue weighted by molar-refractivity contribution is 7.80. The summed E-state index contributed by atoms with van der Waals surface area (Å²) in [5.41, 5.74) is 4.16. The molecule has 0 spiro atoms. The second-order valence-electron chi connectivity index (χ2n) is 6.16. The zero-order chi connectivity index (χ0) is 17.2.